The van der Waals surface area contributed by atoms with Gasteiger partial charge in [-0.05, 0) is 61.5 Å². The molecule has 3 unspecified atom stereocenters. The van der Waals surface area contributed by atoms with Crippen molar-refractivity contribution in [1.29, 1.82) is 0 Å². The molecule has 0 aromatic heterocycles. The van der Waals surface area contributed by atoms with Crippen LogP contribution in [0.4, 0.5) is 0 Å². The molecule has 13 nitrogen and oxygen atoms in total. The van der Waals surface area contributed by atoms with Gasteiger partial charge in [0.25, 0.3) is 0 Å². The molecule has 1 aliphatic rings. The second-order valence-electron chi connectivity index (χ2n) is 14.9. The van der Waals surface area contributed by atoms with Gasteiger partial charge in [0.2, 0.25) is 35.4 Å². The highest BCUT2D eigenvalue weighted by Gasteiger charge is 2.22. The maximum Gasteiger partial charge on any atom is 0.242 e. The first-order chi connectivity index (χ1) is 26.0. The van der Waals surface area contributed by atoms with Gasteiger partial charge in [-0.1, -0.05) is 105 Å². The van der Waals surface area contributed by atoms with E-state index in [0.717, 1.165) is 37.2 Å². The topological polar surface area (TPSA) is 195 Å². The summed E-state index contributed by atoms with van der Waals surface area (Å²) in [7, 11) is 4.74. The van der Waals surface area contributed by atoms with Crippen molar-refractivity contribution in [3.63, 3.8) is 0 Å². The number of aromatic hydroxyl groups is 1. The number of phenolic OH excluding ortho intramolecular Hbond substituents is 1. The highest BCUT2D eigenvalue weighted by molar-refractivity contribution is 5.88. The third kappa shape index (κ3) is 27.1. The average Bonchev–Trinajstić information content (AvgIpc) is 3.67. The van der Waals surface area contributed by atoms with Gasteiger partial charge in [-0.25, -0.2) is 0 Å². The van der Waals surface area contributed by atoms with Gasteiger partial charge in [0.15, 0.2) is 0 Å². The van der Waals surface area contributed by atoms with E-state index in [1.54, 1.807) is 40.2 Å². The van der Waals surface area contributed by atoms with Crippen LogP contribution in [0, 0.1) is 11.3 Å². The summed E-state index contributed by atoms with van der Waals surface area (Å²) in [6.07, 6.45) is 13.3. The molecule has 0 radical (unpaired) electrons. The summed E-state index contributed by atoms with van der Waals surface area (Å²) in [6.45, 7) is 15.1. The minimum Gasteiger partial charge on any atom is -0.508 e. The van der Waals surface area contributed by atoms with E-state index in [-0.39, 0.29) is 52.6 Å². The van der Waals surface area contributed by atoms with Crippen molar-refractivity contribution in [1.82, 2.24) is 31.9 Å². The summed E-state index contributed by atoms with van der Waals surface area (Å²) in [5.41, 5.74) is 1.11. The number of rotatable bonds is 18. The van der Waals surface area contributed by atoms with E-state index in [1.807, 2.05) is 26.0 Å². The largest absolute Gasteiger partial charge is 0.508 e. The van der Waals surface area contributed by atoms with Crippen molar-refractivity contribution in [3.8, 4) is 5.75 Å². The van der Waals surface area contributed by atoms with Gasteiger partial charge in [-0.15, -0.1) is 0 Å². The van der Waals surface area contributed by atoms with Crippen LogP contribution >= 0.6 is 0 Å². The molecule has 2 rings (SSSR count). The molecule has 1 saturated carbocycles. The Labute approximate surface area is 332 Å². The van der Waals surface area contributed by atoms with Crippen LogP contribution in [-0.2, 0) is 35.2 Å². The fraction of sp³-hybridized carbons (Fsp3) is 0.714. The van der Waals surface area contributed by atoms with Crippen LogP contribution in [0.15, 0.2) is 24.3 Å². The van der Waals surface area contributed by atoms with Crippen LogP contribution in [0.25, 0.3) is 0 Å². The van der Waals surface area contributed by atoms with E-state index < -0.39 is 12.1 Å². The zero-order valence-corrected chi connectivity index (χ0v) is 35.9. The van der Waals surface area contributed by atoms with Gasteiger partial charge in [0.1, 0.15) is 23.9 Å². The normalized spacial score (nSPS) is 13.7. The highest BCUT2D eigenvalue weighted by atomic mass is 16.3. The minimum atomic E-state index is -0.520. The Morgan fingerprint density at radius 1 is 0.709 bits per heavy atom. The molecule has 0 saturated heterocycles. The van der Waals surface area contributed by atoms with Gasteiger partial charge in [0, 0.05) is 41.4 Å². The van der Waals surface area contributed by atoms with Gasteiger partial charge in [-0.2, -0.15) is 0 Å². The summed E-state index contributed by atoms with van der Waals surface area (Å²) < 4.78 is 0. The van der Waals surface area contributed by atoms with E-state index in [0.29, 0.717) is 32.1 Å². The van der Waals surface area contributed by atoms with Crippen molar-refractivity contribution in [2.24, 2.45) is 11.3 Å². The summed E-state index contributed by atoms with van der Waals surface area (Å²) >= 11 is 0. The second kappa shape index (κ2) is 31.1. The molecular weight excluding hydrogens is 700 g/mol. The van der Waals surface area contributed by atoms with Crippen molar-refractivity contribution in [2.45, 2.75) is 163 Å². The molecule has 1 aromatic rings. The third-order valence-corrected chi connectivity index (χ3v) is 9.03. The van der Waals surface area contributed by atoms with Crippen LogP contribution in [0.5, 0.6) is 5.75 Å². The first kappa shape index (κ1) is 52.9. The predicted molar refractivity (Wildman–Crippen MR) is 221 cm³/mol. The number of phenols is 1. The number of hydrogen-bond acceptors (Lipinski definition) is 7. The number of carbonyl (C=O) groups excluding carboxylic acids is 6. The number of carbonyl (C=O) groups is 6. The quantitative estimate of drug-likeness (QED) is 0.103. The molecule has 3 atom stereocenters. The summed E-state index contributed by atoms with van der Waals surface area (Å²) in [6, 6.07) is 5.84. The average molecular weight is 777 g/mol. The lowest BCUT2D eigenvalue weighted by Crippen LogP contribution is -2.45. The molecule has 0 bridgehead atoms. The summed E-state index contributed by atoms with van der Waals surface area (Å²) in [4.78, 5) is 68.1. The van der Waals surface area contributed by atoms with Crippen molar-refractivity contribution >= 4 is 35.4 Å². The zero-order chi connectivity index (χ0) is 42.4. The lowest BCUT2D eigenvalue weighted by molar-refractivity contribution is -0.128. The fourth-order valence-corrected chi connectivity index (χ4v) is 6.08. The molecule has 55 heavy (non-hydrogen) atoms. The zero-order valence-electron chi connectivity index (χ0n) is 35.9. The number of hydrogen-bond donors (Lipinski definition) is 7. The van der Waals surface area contributed by atoms with E-state index in [1.165, 1.54) is 46.0 Å². The molecule has 13 heteroatoms. The second-order valence-corrected chi connectivity index (χ2v) is 14.9. The Balaban J connectivity index is 0. The number of para-hydroxylation sites is 1. The smallest absolute Gasteiger partial charge is 0.242 e. The van der Waals surface area contributed by atoms with Crippen LogP contribution in [0.2, 0.25) is 0 Å². The standard InChI is InChI=1S/C14H20N2O3.C13H24N2O2.C13H26N2O2.C2H6/c1-10(17)16-12(14(19)15-2)8-5-7-11-6-3-4-9-13(11)18;1-10(16)15-12(13(17)14-2)9-5-8-11-6-3-4-7-11;1-6-11(16)15-10(12(17)14-5)8-7-9-13(2,3)4;1-2/h3-4,6,9,12,18H,5,7-8H2,1-2H3,(H,15,19)(H,16,17);11-12H,3-9H2,1-2H3,(H,14,17)(H,15,16);10H,6-9H2,1-5H3,(H,14,17)(H,15,16);1-2H3. The SMILES string of the molecule is CC.CCC(=O)NC(CCCC(C)(C)C)C(=O)NC.CNC(=O)C(CCCC1CCCC1)NC(C)=O.CNC(=O)C(CCCc1ccccc1O)NC(C)=O. The number of benzene rings is 1. The van der Waals surface area contributed by atoms with Crippen LogP contribution < -0.4 is 31.9 Å². The first-order valence-corrected chi connectivity index (χ1v) is 20.2. The third-order valence-electron chi connectivity index (χ3n) is 9.03. The molecule has 7 N–H and O–H groups in total. The van der Waals surface area contributed by atoms with Gasteiger partial charge >= 0.3 is 0 Å². The Kier molecular flexibility index (Phi) is 29.9. The van der Waals surface area contributed by atoms with E-state index in [2.05, 4.69) is 52.7 Å². The van der Waals surface area contributed by atoms with Crippen LogP contribution in [-0.4, -0.2) is 79.8 Å². The van der Waals surface area contributed by atoms with Gasteiger partial charge in [-0.3, -0.25) is 28.8 Å². The van der Waals surface area contributed by atoms with Crippen molar-refractivity contribution in [3.05, 3.63) is 29.8 Å². The number of likely N-dealkylation sites (N-methyl/N-ethyl adjacent to an activating group) is 3. The molecule has 0 heterocycles. The molecule has 6 amide bonds. The summed E-state index contributed by atoms with van der Waals surface area (Å²) in [5.74, 6) is 0.265. The minimum absolute atomic E-state index is 0.0747. The van der Waals surface area contributed by atoms with Gasteiger partial charge in [0.05, 0.1) is 0 Å². The Morgan fingerprint density at radius 3 is 1.56 bits per heavy atom. The van der Waals surface area contributed by atoms with Gasteiger partial charge < -0.3 is 37.0 Å². The van der Waals surface area contributed by atoms with E-state index in [9.17, 15) is 33.9 Å². The lowest BCUT2D eigenvalue weighted by atomic mass is 9.89. The first-order valence-electron chi connectivity index (χ1n) is 20.2. The van der Waals surface area contributed by atoms with Crippen molar-refractivity contribution in [2.75, 3.05) is 21.1 Å². The number of aryl methyl sites for hydroxylation is 1. The molecular formula is C42H76N6O7. The van der Waals surface area contributed by atoms with Crippen LogP contribution in [0.3, 0.4) is 0 Å². The van der Waals surface area contributed by atoms with E-state index in [4.69, 9.17) is 0 Å². The maximum absolute atomic E-state index is 11.6. The number of nitrogens with one attached hydrogen (secondary N) is 6. The Morgan fingerprint density at radius 2 is 1.15 bits per heavy atom. The predicted octanol–water partition coefficient (Wildman–Crippen LogP) is 5.43. The number of amides is 6. The molecule has 0 spiro atoms. The van der Waals surface area contributed by atoms with E-state index >= 15 is 0 Å². The Bertz CT molecular complexity index is 1260. The Hall–Kier alpha value is -4.16. The highest BCUT2D eigenvalue weighted by Crippen LogP contribution is 2.29. The fourth-order valence-electron chi connectivity index (χ4n) is 6.08. The molecule has 1 fully saturated rings. The summed E-state index contributed by atoms with van der Waals surface area (Å²) in [5, 5.41) is 25.4. The lowest BCUT2D eigenvalue weighted by Gasteiger charge is -2.21. The van der Waals surface area contributed by atoms with Crippen LogP contribution in [0.1, 0.15) is 144 Å². The monoisotopic (exact) mass is 777 g/mol. The molecule has 316 valence electrons. The molecule has 1 aromatic carbocycles. The molecule has 1 aliphatic carbocycles. The maximum atomic E-state index is 11.6. The molecule has 0 aliphatic heterocycles. The van der Waals surface area contributed by atoms with Crippen molar-refractivity contribution < 1.29 is 33.9 Å².